The van der Waals surface area contributed by atoms with Gasteiger partial charge in [0.25, 0.3) is 0 Å². The second kappa shape index (κ2) is 4.40. The molecule has 0 aromatic carbocycles. The fourth-order valence-corrected chi connectivity index (χ4v) is 1.56. The normalized spacial score (nSPS) is 23.4. The second-order valence-electron chi connectivity index (χ2n) is 3.93. The van der Waals surface area contributed by atoms with Crippen molar-refractivity contribution in [3.05, 3.63) is 0 Å². The highest BCUT2D eigenvalue weighted by atomic mass is 16.2. The molecule has 1 aliphatic rings. The zero-order valence-corrected chi connectivity index (χ0v) is 8.38. The molecule has 0 aliphatic carbocycles. The number of ketones is 1. The third-order valence-electron chi connectivity index (χ3n) is 2.50. The zero-order valence-electron chi connectivity index (χ0n) is 8.38. The minimum absolute atomic E-state index is 0.159. The Morgan fingerprint density at radius 2 is 2.31 bits per heavy atom. The lowest BCUT2D eigenvalue weighted by Crippen LogP contribution is -2.39. The van der Waals surface area contributed by atoms with Gasteiger partial charge < -0.3 is 4.90 Å². The minimum atomic E-state index is 0.159. The monoisotopic (exact) mass is 183 g/mol. The summed E-state index contributed by atoms with van der Waals surface area (Å²) in [5, 5.41) is 0. The summed E-state index contributed by atoms with van der Waals surface area (Å²) in [4.78, 5) is 24.0. The maximum Gasteiger partial charge on any atom is 0.222 e. The number of nitrogens with zero attached hydrogens (tertiary/aromatic N) is 1. The molecule has 0 saturated carbocycles. The summed E-state index contributed by atoms with van der Waals surface area (Å²) in [6.07, 6.45) is 2.22. The number of likely N-dealkylation sites (tertiary alicyclic amines) is 1. The van der Waals surface area contributed by atoms with Gasteiger partial charge in [-0.15, -0.1) is 0 Å². The molecule has 1 unspecified atom stereocenters. The molecule has 1 aliphatic heterocycles. The molecule has 1 heterocycles. The van der Waals surface area contributed by atoms with E-state index >= 15 is 0 Å². The van der Waals surface area contributed by atoms with Crippen LogP contribution in [0.2, 0.25) is 0 Å². The van der Waals surface area contributed by atoms with Crippen molar-refractivity contribution in [3.8, 4) is 0 Å². The van der Waals surface area contributed by atoms with Crippen molar-refractivity contribution in [2.45, 2.75) is 33.1 Å². The summed E-state index contributed by atoms with van der Waals surface area (Å²) in [6, 6.07) is 0. The molecule has 3 nitrogen and oxygen atoms in total. The first kappa shape index (κ1) is 10.2. The van der Waals surface area contributed by atoms with Gasteiger partial charge in [-0.1, -0.05) is 6.92 Å². The highest BCUT2D eigenvalue weighted by molar-refractivity contribution is 5.79. The molecule has 13 heavy (non-hydrogen) atoms. The number of rotatable bonds is 3. The standard InChI is InChI=1S/C10H17NO2/c1-8-3-5-11(10(13)7-8)6-4-9(2)12/h8H,3-7H2,1-2H3. The fourth-order valence-electron chi connectivity index (χ4n) is 1.56. The van der Waals surface area contributed by atoms with Gasteiger partial charge in [0.2, 0.25) is 5.91 Å². The second-order valence-corrected chi connectivity index (χ2v) is 3.93. The van der Waals surface area contributed by atoms with E-state index < -0.39 is 0 Å². The topological polar surface area (TPSA) is 37.4 Å². The molecular weight excluding hydrogens is 166 g/mol. The van der Waals surface area contributed by atoms with Crippen LogP contribution < -0.4 is 0 Å². The van der Waals surface area contributed by atoms with Crippen molar-refractivity contribution in [3.63, 3.8) is 0 Å². The molecule has 1 saturated heterocycles. The highest BCUT2D eigenvalue weighted by Crippen LogP contribution is 2.17. The average Bonchev–Trinajstić information content (AvgIpc) is 2.02. The number of hydrogen-bond donors (Lipinski definition) is 0. The fraction of sp³-hybridized carbons (Fsp3) is 0.800. The molecule has 0 spiro atoms. The number of carbonyl (C=O) groups is 2. The Morgan fingerprint density at radius 1 is 1.62 bits per heavy atom. The van der Waals surface area contributed by atoms with Crippen LogP contribution in [-0.4, -0.2) is 29.7 Å². The smallest absolute Gasteiger partial charge is 0.222 e. The van der Waals surface area contributed by atoms with Gasteiger partial charge >= 0.3 is 0 Å². The van der Waals surface area contributed by atoms with Crippen LogP contribution >= 0.6 is 0 Å². The molecule has 0 aromatic heterocycles. The third kappa shape index (κ3) is 3.17. The van der Waals surface area contributed by atoms with Crippen LogP contribution in [0.5, 0.6) is 0 Å². The lowest BCUT2D eigenvalue weighted by atomic mass is 9.98. The first-order chi connectivity index (χ1) is 6.09. The quantitative estimate of drug-likeness (QED) is 0.659. The maximum atomic E-state index is 11.4. The number of hydrogen-bond acceptors (Lipinski definition) is 2. The lowest BCUT2D eigenvalue weighted by molar-refractivity contribution is -0.135. The van der Waals surface area contributed by atoms with Crippen molar-refractivity contribution in [1.82, 2.24) is 4.90 Å². The summed E-state index contributed by atoms with van der Waals surface area (Å²) in [5.41, 5.74) is 0. The molecule has 0 bridgehead atoms. The molecule has 0 N–H and O–H groups in total. The van der Waals surface area contributed by atoms with E-state index in [9.17, 15) is 9.59 Å². The third-order valence-corrected chi connectivity index (χ3v) is 2.50. The molecule has 0 radical (unpaired) electrons. The van der Waals surface area contributed by atoms with Gasteiger partial charge in [0, 0.05) is 25.9 Å². The molecule has 74 valence electrons. The first-order valence-electron chi connectivity index (χ1n) is 4.87. The molecule has 1 atom stereocenters. The van der Waals surface area contributed by atoms with Crippen molar-refractivity contribution in [2.75, 3.05) is 13.1 Å². The van der Waals surface area contributed by atoms with Gasteiger partial charge in [-0.3, -0.25) is 9.59 Å². The van der Waals surface area contributed by atoms with Crippen LogP contribution in [0.3, 0.4) is 0 Å². The Balaban J connectivity index is 2.34. The molecule has 3 heteroatoms. The summed E-state index contributed by atoms with van der Waals surface area (Å²) in [7, 11) is 0. The van der Waals surface area contributed by atoms with Gasteiger partial charge in [-0.25, -0.2) is 0 Å². The van der Waals surface area contributed by atoms with E-state index in [1.165, 1.54) is 0 Å². The Hall–Kier alpha value is -0.860. The Kier molecular flexibility index (Phi) is 3.46. The predicted octanol–water partition coefficient (Wildman–Crippen LogP) is 1.22. The van der Waals surface area contributed by atoms with E-state index in [0.29, 0.717) is 25.3 Å². The summed E-state index contributed by atoms with van der Waals surface area (Å²) < 4.78 is 0. The van der Waals surface area contributed by atoms with Gasteiger partial charge in [0.15, 0.2) is 0 Å². The van der Waals surface area contributed by atoms with Gasteiger partial charge in [0.05, 0.1) is 0 Å². The van der Waals surface area contributed by atoms with Crippen LogP contribution in [-0.2, 0) is 9.59 Å². The van der Waals surface area contributed by atoms with E-state index in [2.05, 4.69) is 6.92 Å². The van der Waals surface area contributed by atoms with Crippen molar-refractivity contribution in [1.29, 1.82) is 0 Å². The predicted molar refractivity (Wildman–Crippen MR) is 50.3 cm³/mol. The van der Waals surface area contributed by atoms with Crippen LogP contribution in [0, 0.1) is 5.92 Å². The number of carbonyl (C=O) groups excluding carboxylic acids is 2. The van der Waals surface area contributed by atoms with Crippen LogP contribution in [0.25, 0.3) is 0 Å². The average molecular weight is 183 g/mol. The lowest BCUT2D eigenvalue weighted by Gasteiger charge is -2.29. The van der Waals surface area contributed by atoms with Crippen LogP contribution in [0.15, 0.2) is 0 Å². The number of amides is 1. The SMILES string of the molecule is CC(=O)CCN1CCC(C)CC1=O. The van der Waals surface area contributed by atoms with Crippen molar-refractivity contribution >= 4 is 11.7 Å². The van der Waals surface area contributed by atoms with Gasteiger partial charge in [0.1, 0.15) is 5.78 Å². The molecule has 1 amide bonds. The number of Topliss-reactive ketones (excluding diaryl/α,β-unsaturated/α-hetero) is 1. The summed E-state index contributed by atoms with van der Waals surface area (Å²) in [6.45, 7) is 5.10. The number of piperidine rings is 1. The van der Waals surface area contributed by atoms with E-state index in [-0.39, 0.29) is 11.7 Å². The van der Waals surface area contributed by atoms with Crippen LogP contribution in [0.4, 0.5) is 0 Å². The van der Waals surface area contributed by atoms with Crippen molar-refractivity contribution < 1.29 is 9.59 Å². The minimum Gasteiger partial charge on any atom is -0.342 e. The van der Waals surface area contributed by atoms with E-state index in [1.807, 2.05) is 0 Å². The van der Waals surface area contributed by atoms with E-state index in [4.69, 9.17) is 0 Å². The van der Waals surface area contributed by atoms with Crippen LogP contribution in [0.1, 0.15) is 33.1 Å². The molecule has 0 aromatic rings. The summed E-state index contributed by atoms with van der Waals surface area (Å²) >= 11 is 0. The van der Waals surface area contributed by atoms with E-state index in [0.717, 1.165) is 13.0 Å². The van der Waals surface area contributed by atoms with Gasteiger partial charge in [-0.05, 0) is 19.3 Å². The maximum absolute atomic E-state index is 11.4. The Morgan fingerprint density at radius 3 is 2.85 bits per heavy atom. The first-order valence-corrected chi connectivity index (χ1v) is 4.87. The Bertz CT molecular complexity index is 213. The molecular formula is C10H17NO2. The largest absolute Gasteiger partial charge is 0.342 e. The Labute approximate surface area is 79.1 Å². The summed E-state index contributed by atoms with van der Waals surface area (Å²) in [5.74, 6) is 0.882. The molecule has 1 fully saturated rings. The van der Waals surface area contributed by atoms with Crippen molar-refractivity contribution in [2.24, 2.45) is 5.92 Å². The molecule has 1 rings (SSSR count). The van der Waals surface area contributed by atoms with E-state index in [1.54, 1.807) is 11.8 Å². The highest BCUT2D eigenvalue weighted by Gasteiger charge is 2.22. The zero-order chi connectivity index (χ0) is 9.84. The van der Waals surface area contributed by atoms with Gasteiger partial charge in [-0.2, -0.15) is 0 Å².